The van der Waals surface area contributed by atoms with Crippen LogP contribution in [0.5, 0.6) is 0 Å². The smallest absolute Gasteiger partial charge is 0.131 e. The summed E-state index contributed by atoms with van der Waals surface area (Å²) < 4.78 is 26.0. The Hall–Kier alpha value is -3.26. The lowest BCUT2D eigenvalue weighted by atomic mass is 10.0. The maximum atomic E-state index is 13.4. The summed E-state index contributed by atoms with van der Waals surface area (Å²) in [7, 11) is 0. The summed E-state index contributed by atoms with van der Waals surface area (Å²) in [6.45, 7) is 12.1. The van der Waals surface area contributed by atoms with Gasteiger partial charge in [0.05, 0.1) is 0 Å². The van der Waals surface area contributed by atoms with E-state index in [9.17, 15) is 8.78 Å². The second kappa shape index (κ2) is 14.7. The normalized spacial score (nSPS) is 9.25. The lowest BCUT2D eigenvalue weighted by Gasteiger charge is -2.02. The van der Waals surface area contributed by atoms with Crippen LogP contribution in [0.25, 0.3) is 22.3 Å². The van der Waals surface area contributed by atoms with E-state index >= 15 is 0 Å². The standard InChI is InChI=1S/2C13H11F.2C2H6/c1-10-2-4-11(5-3-10)12-6-8-13(14)9-7-12;1-10-6-8-11(9-7-10)12-4-2-3-5-13(12)14;2*1-2/h2*2-9H,1H3;2*1-2H3. The van der Waals surface area contributed by atoms with Crippen LogP contribution in [-0.2, 0) is 0 Å². The molecule has 0 fully saturated rings. The number of aryl methyl sites for hydroxylation is 2. The highest BCUT2D eigenvalue weighted by atomic mass is 19.1. The van der Waals surface area contributed by atoms with E-state index in [4.69, 9.17) is 0 Å². The Morgan fingerprint density at radius 3 is 1.25 bits per heavy atom. The van der Waals surface area contributed by atoms with Gasteiger partial charge in [-0.2, -0.15) is 0 Å². The van der Waals surface area contributed by atoms with Crippen molar-refractivity contribution in [1.82, 2.24) is 0 Å². The molecule has 0 aliphatic carbocycles. The molecule has 0 bridgehead atoms. The average molecular weight is 433 g/mol. The molecule has 0 aromatic heterocycles. The lowest BCUT2D eigenvalue weighted by molar-refractivity contribution is 0.628. The van der Waals surface area contributed by atoms with E-state index in [-0.39, 0.29) is 11.6 Å². The summed E-state index contributed by atoms with van der Waals surface area (Å²) in [5.74, 6) is -0.364. The fourth-order valence-electron chi connectivity index (χ4n) is 2.82. The van der Waals surface area contributed by atoms with Crippen molar-refractivity contribution < 1.29 is 8.78 Å². The van der Waals surface area contributed by atoms with Crippen LogP contribution in [0.15, 0.2) is 97.1 Å². The fourth-order valence-corrected chi connectivity index (χ4v) is 2.82. The van der Waals surface area contributed by atoms with E-state index in [0.29, 0.717) is 5.56 Å². The van der Waals surface area contributed by atoms with E-state index in [0.717, 1.165) is 16.7 Å². The average Bonchev–Trinajstić information content (AvgIpc) is 2.84. The van der Waals surface area contributed by atoms with Gasteiger partial charge in [-0.3, -0.25) is 0 Å². The van der Waals surface area contributed by atoms with Crippen molar-refractivity contribution in [3.63, 3.8) is 0 Å². The van der Waals surface area contributed by atoms with Gasteiger partial charge in [0.15, 0.2) is 0 Å². The van der Waals surface area contributed by atoms with Crippen molar-refractivity contribution in [3.8, 4) is 22.3 Å². The van der Waals surface area contributed by atoms with Crippen LogP contribution in [0, 0.1) is 25.5 Å². The monoisotopic (exact) mass is 432 g/mol. The molecule has 0 atom stereocenters. The first kappa shape index (κ1) is 26.8. The molecule has 0 radical (unpaired) electrons. The lowest BCUT2D eigenvalue weighted by Crippen LogP contribution is -1.83. The van der Waals surface area contributed by atoms with Gasteiger partial charge in [-0.05, 0) is 48.7 Å². The van der Waals surface area contributed by atoms with Crippen molar-refractivity contribution in [2.24, 2.45) is 0 Å². The predicted octanol–water partition coefficient (Wildman–Crippen LogP) is 9.65. The molecule has 0 N–H and O–H groups in total. The zero-order valence-electron chi connectivity index (χ0n) is 20.0. The molecule has 0 amide bonds. The van der Waals surface area contributed by atoms with Crippen LogP contribution in [0.1, 0.15) is 38.8 Å². The summed E-state index contributed by atoms with van der Waals surface area (Å²) >= 11 is 0. The van der Waals surface area contributed by atoms with Crippen molar-refractivity contribution in [3.05, 3.63) is 120 Å². The zero-order chi connectivity index (χ0) is 23.9. The molecule has 0 aliphatic heterocycles. The van der Waals surface area contributed by atoms with Gasteiger partial charge >= 0.3 is 0 Å². The first-order valence-corrected chi connectivity index (χ1v) is 11.2. The Balaban J connectivity index is 0.000000277. The van der Waals surface area contributed by atoms with Crippen molar-refractivity contribution in [2.75, 3.05) is 0 Å². The van der Waals surface area contributed by atoms with E-state index in [1.54, 1.807) is 24.3 Å². The van der Waals surface area contributed by atoms with Gasteiger partial charge in [0.1, 0.15) is 11.6 Å². The summed E-state index contributed by atoms with van der Waals surface area (Å²) in [6, 6.07) is 29.4. The Morgan fingerprint density at radius 2 is 0.812 bits per heavy atom. The number of halogens is 2. The number of hydrogen-bond donors (Lipinski definition) is 0. The van der Waals surface area contributed by atoms with Gasteiger partial charge < -0.3 is 0 Å². The third-order valence-electron chi connectivity index (χ3n) is 4.47. The molecule has 4 rings (SSSR count). The zero-order valence-corrected chi connectivity index (χ0v) is 20.0. The molecule has 0 unspecified atom stereocenters. The molecule has 0 saturated carbocycles. The molecule has 2 heteroatoms. The van der Waals surface area contributed by atoms with Gasteiger partial charge in [-0.25, -0.2) is 8.78 Å². The van der Waals surface area contributed by atoms with E-state index in [1.165, 1.54) is 29.3 Å². The molecular weight excluding hydrogens is 398 g/mol. The van der Waals surface area contributed by atoms with Gasteiger partial charge in [0.2, 0.25) is 0 Å². The first-order chi connectivity index (χ1) is 15.5. The van der Waals surface area contributed by atoms with Crippen molar-refractivity contribution >= 4 is 0 Å². The van der Waals surface area contributed by atoms with Gasteiger partial charge in [-0.15, -0.1) is 0 Å². The van der Waals surface area contributed by atoms with Crippen LogP contribution in [0.4, 0.5) is 8.78 Å². The minimum absolute atomic E-state index is 0.170. The second-order valence-electron chi connectivity index (χ2n) is 6.72. The Bertz CT molecular complexity index is 972. The Kier molecular flexibility index (Phi) is 12.3. The van der Waals surface area contributed by atoms with Crippen LogP contribution in [0.2, 0.25) is 0 Å². The van der Waals surface area contributed by atoms with Crippen LogP contribution in [-0.4, -0.2) is 0 Å². The Labute approximate surface area is 192 Å². The molecule has 168 valence electrons. The quantitative estimate of drug-likeness (QED) is 0.296. The number of hydrogen-bond acceptors (Lipinski definition) is 0. The van der Waals surface area contributed by atoms with E-state index < -0.39 is 0 Å². The van der Waals surface area contributed by atoms with Gasteiger partial charge in [0.25, 0.3) is 0 Å². The molecule has 32 heavy (non-hydrogen) atoms. The fraction of sp³-hybridized carbons (Fsp3) is 0.200. The Morgan fingerprint density at radius 1 is 0.438 bits per heavy atom. The summed E-state index contributed by atoms with van der Waals surface area (Å²) in [4.78, 5) is 0. The highest BCUT2D eigenvalue weighted by Crippen LogP contribution is 2.22. The van der Waals surface area contributed by atoms with Crippen LogP contribution >= 0.6 is 0 Å². The molecule has 0 nitrogen and oxygen atoms in total. The maximum Gasteiger partial charge on any atom is 0.131 e. The molecule has 0 heterocycles. The first-order valence-electron chi connectivity index (χ1n) is 11.2. The van der Waals surface area contributed by atoms with Crippen molar-refractivity contribution in [1.29, 1.82) is 0 Å². The summed E-state index contributed by atoms with van der Waals surface area (Å²) in [5.41, 5.74) is 6.17. The van der Waals surface area contributed by atoms with E-state index in [1.807, 2.05) is 77.1 Å². The summed E-state index contributed by atoms with van der Waals surface area (Å²) in [6.07, 6.45) is 0. The van der Waals surface area contributed by atoms with Gasteiger partial charge in [0, 0.05) is 5.56 Å². The number of rotatable bonds is 2. The third-order valence-corrected chi connectivity index (χ3v) is 4.47. The second-order valence-corrected chi connectivity index (χ2v) is 6.72. The van der Waals surface area contributed by atoms with Crippen molar-refractivity contribution in [2.45, 2.75) is 41.5 Å². The highest BCUT2D eigenvalue weighted by molar-refractivity contribution is 5.64. The topological polar surface area (TPSA) is 0 Å². The minimum atomic E-state index is -0.194. The molecule has 4 aromatic carbocycles. The largest absolute Gasteiger partial charge is 0.207 e. The molecule has 4 aromatic rings. The molecule has 0 spiro atoms. The van der Waals surface area contributed by atoms with Gasteiger partial charge in [-0.1, -0.05) is 118 Å². The van der Waals surface area contributed by atoms with Crippen LogP contribution in [0.3, 0.4) is 0 Å². The SMILES string of the molecule is CC.CC.Cc1ccc(-c2ccc(F)cc2)cc1.Cc1ccc(-c2ccccc2F)cc1. The maximum absolute atomic E-state index is 13.4. The van der Waals surface area contributed by atoms with E-state index in [2.05, 4.69) is 19.1 Å². The third kappa shape index (κ3) is 8.47. The molecule has 0 saturated heterocycles. The highest BCUT2D eigenvalue weighted by Gasteiger charge is 2.02. The minimum Gasteiger partial charge on any atom is -0.207 e. The van der Waals surface area contributed by atoms with Crippen LogP contribution < -0.4 is 0 Å². The predicted molar refractivity (Wildman–Crippen MR) is 136 cm³/mol. The summed E-state index contributed by atoms with van der Waals surface area (Å²) in [5, 5.41) is 0. The number of benzene rings is 4. The molecular formula is C30H34F2. The molecule has 0 aliphatic rings.